The summed E-state index contributed by atoms with van der Waals surface area (Å²) < 4.78 is 5.32. The fraction of sp³-hybridized carbons (Fsp3) is 0.360. The van der Waals surface area contributed by atoms with E-state index in [4.69, 9.17) is 4.74 Å². The van der Waals surface area contributed by atoms with Crippen LogP contribution in [0.2, 0.25) is 0 Å². The van der Waals surface area contributed by atoms with Crippen LogP contribution in [0.15, 0.2) is 42.5 Å². The molecule has 2 amide bonds. The number of unbranched alkanes of at least 4 members (excludes halogenated alkanes) is 5. The van der Waals surface area contributed by atoms with Crippen molar-refractivity contribution in [3.05, 3.63) is 64.7 Å². The van der Waals surface area contributed by atoms with Gasteiger partial charge in [-0.1, -0.05) is 51.2 Å². The Kier molecular flexibility index (Phi) is 7.34. The molecule has 6 nitrogen and oxygen atoms in total. The summed E-state index contributed by atoms with van der Waals surface area (Å²) in [6.07, 6.45) is 6.54. The van der Waals surface area contributed by atoms with E-state index in [1.165, 1.54) is 50.5 Å². The minimum atomic E-state index is -0.522. The van der Waals surface area contributed by atoms with Crippen LogP contribution in [0.4, 0.5) is 5.69 Å². The number of amides is 2. The first kappa shape index (κ1) is 22.4. The molecule has 0 N–H and O–H groups in total. The van der Waals surface area contributed by atoms with Gasteiger partial charge in [0.1, 0.15) is 0 Å². The molecule has 6 heteroatoms. The number of carbonyl (C=O) groups is 4. The highest BCUT2D eigenvalue weighted by atomic mass is 16.5. The lowest BCUT2D eigenvalue weighted by Gasteiger charge is -2.14. The second-order valence-electron chi connectivity index (χ2n) is 7.72. The average molecular weight is 421 g/mol. The van der Waals surface area contributed by atoms with Crippen molar-refractivity contribution in [2.75, 3.05) is 11.5 Å². The highest BCUT2D eigenvalue weighted by Crippen LogP contribution is 2.30. The molecule has 162 valence electrons. The first-order chi connectivity index (χ1) is 14.9. The zero-order chi connectivity index (χ0) is 22.4. The van der Waals surface area contributed by atoms with E-state index in [1.54, 1.807) is 18.2 Å². The van der Waals surface area contributed by atoms with Gasteiger partial charge in [-0.3, -0.25) is 14.4 Å². The van der Waals surface area contributed by atoms with Crippen LogP contribution in [0, 0.1) is 0 Å². The molecule has 0 fully saturated rings. The van der Waals surface area contributed by atoms with Crippen molar-refractivity contribution in [3.8, 4) is 0 Å². The van der Waals surface area contributed by atoms with Gasteiger partial charge in [-0.2, -0.15) is 0 Å². The number of carbonyl (C=O) groups excluding carboxylic acids is 4. The number of nitrogens with zero attached hydrogens (tertiary/aromatic N) is 1. The Hall–Kier alpha value is -3.28. The third kappa shape index (κ3) is 5.08. The van der Waals surface area contributed by atoms with E-state index >= 15 is 0 Å². The lowest BCUT2D eigenvalue weighted by atomic mass is 10.1. The maximum Gasteiger partial charge on any atom is 0.338 e. The van der Waals surface area contributed by atoms with Gasteiger partial charge in [0, 0.05) is 5.56 Å². The Labute approximate surface area is 182 Å². The molecule has 2 aromatic rings. The Morgan fingerprint density at radius 3 is 2.29 bits per heavy atom. The molecule has 1 heterocycles. The fourth-order valence-electron chi connectivity index (χ4n) is 3.60. The summed E-state index contributed by atoms with van der Waals surface area (Å²) in [6.45, 7) is 3.92. The van der Waals surface area contributed by atoms with E-state index in [1.807, 2.05) is 0 Å². The maximum absolute atomic E-state index is 12.9. The lowest BCUT2D eigenvalue weighted by molar-refractivity contribution is 0.0497. The predicted molar refractivity (Wildman–Crippen MR) is 118 cm³/mol. The number of ether oxygens (including phenoxy) is 1. The van der Waals surface area contributed by atoms with Crippen molar-refractivity contribution >= 4 is 29.3 Å². The van der Waals surface area contributed by atoms with Gasteiger partial charge in [0.05, 0.1) is 29.0 Å². The summed E-state index contributed by atoms with van der Waals surface area (Å²) in [6, 6.07) is 10.8. The van der Waals surface area contributed by atoms with Gasteiger partial charge in [0.2, 0.25) is 0 Å². The third-order valence-electron chi connectivity index (χ3n) is 5.36. The molecule has 0 saturated heterocycles. The standard InChI is InChI=1S/C25H27NO5/c1-3-4-5-6-7-8-14-31-25(30)19-12-13-21-22(16-19)24(29)26(23(21)28)20-11-9-10-18(15-20)17(2)27/h9-13,15-16H,3-8,14H2,1-2H3. The largest absolute Gasteiger partial charge is 0.462 e. The summed E-state index contributed by atoms with van der Waals surface area (Å²) in [5.74, 6) is -1.67. The minimum Gasteiger partial charge on any atom is -0.462 e. The molecule has 0 aliphatic carbocycles. The number of esters is 1. The average Bonchev–Trinajstić information content (AvgIpc) is 3.02. The summed E-state index contributed by atoms with van der Waals surface area (Å²) in [5, 5.41) is 0. The Morgan fingerprint density at radius 1 is 0.839 bits per heavy atom. The number of benzene rings is 2. The van der Waals surface area contributed by atoms with Gasteiger partial charge in [-0.05, 0) is 43.7 Å². The molecule has 1 aliphatic heterocycles. The van der Waals surface area contributed by atoms with E-state index in [2.05, 4.69) is 6.92 Å². The number of rotatable bonds is 10. The second-order valence-corrected chi connectivity index (χ2v) is 7.72. The number of fused-ring (bicyclic) bond motifs is 1. The number of anilines is 1. The first-order valence-corrected chi connectivity index (χ1v) is 10.7. The molecule has 0 spiro atoms. The normalized spacial score (nSPS) is 12.8. The van der Waals surface area contributed by atoms with Gasteiger partial charge in [0.15, 0.2) is 5.78 Å². The van der Waals surface area contributed by atoms with Crippen LogP contribution in [-0.4, -0.2) is 30.2 Å². The molecule has 0 bridgehead atoms. The fourth-order valence-corrected chi connectivity index (χ4v) is 3.60. The maximum atomic E-state index is 12.9. The quantitative estimate of drug-likeness (QED) is 0.228. The van der Waals surface area contributed by atoms with E-state index in [0.717, 1.165) is 24.2 Å². The monoisotopic (exact) mass is 421 g/mol. The molecule has 0 radical (unpaired) electrons. The van der Waals surface area contributed by atoms with Gasteiger partial charge in [0.25, 0.3) is 11.8 Å². The topological polar surface area (TPSA) is 80.8 Å². The van der Waals surface area contributed by atoms with Crippen molar-refractivity contribution in [1.82, 2.24) is 0 Å². The molecule has 0 saturated carbocycles. The Bertz CT molecular complexity index is 1010. The molecule has 1 aliphatic rings. The van der Waals surface area contributed by atoms with Crippen molar-refractivity contribution in [2.24, 2.45) is 0 Å². The third-order valence-corrected chi connectivity index (χ3v) is 5.36. The highest BCUT2D eigenvalue weighted by molar-refractivity contribution is 6.34. The van der Waals surface area contributed by atoms with E-state index in [0.29, 0.717) is 17.9 Å². The first-order valence-electron chi connectivity index (χ1n) is 10.7. The Balaban J connectivity index is 1.68. The number of hydrogen-bond donors (Lipinski definition) is 0. The molecule has 0 aromatic heterocycles. The lowest BCUT2D eigenvalue weighted by Crippen LogP contribution is -2.29. The van der Waals surface area contributed by atoms with Crippen molar-refractivity contribution in [2.45, 2.75) is 52.4 Å². The van der Waals surface area contributed by atoms with Crippen LogP contribution >= 0.6 is 0 Å². The Morgan fingerprint density at radius 2 is 1.55 bits per heavy atom. The summed E-state index contributed by atoms with van der Waals surface area (Å²) in [4.78, 5) is 50.8. The summed E-state index contributed by atoms with van der Waals surface area (Å²) >= 11 is 0. The SMILES string of the molecule is CCCCCCCCOC(=O)c1ccc2c(c1)C(=O)N(c1cccc(C(C)=O)c1)C2=O. The van der Waals surface area contributed by atoms with Gasteiger partial charge in [-0.25, -0.2) is 9.69 Å². The van der Waals surface area contributed by atoms with Crippen LogP contribution in [-0.2, 0) is 4.74 Å². The number of Topliss-reactive ketones (excluding diaryl/α,β-unsaturated/α-hetero) is 1. The highest BCUT2D eigenvalue weighted by Gasteiger charge is 2.37. The molecular formula is C25H27NO5. The van der Waals surface area contributed by atoms with Crippen LogP contribution in [0.25, 0.3) is 0 Å². The van der Waals surface area contributed by atoms with Crippen molar-refractivity contribution in [3.63, 3.8) is 0 Å². The molecule has 0 unspecified atom stereocenters. The zero-order valence-corrected chi connectivity index (χ0v) is 18.0. The minimum absolute atomic E-state index is 0.158. The van der Waals surface area contributed by atoms with Gasteiger partial charge in [-0.15, -0.1) is 0 Å². The smallest absolute Gasteiger partial charge is 0.338 e. The number of ketones is 1. The predicted octanol–water partition coefficient (Wildman–Crippen LogP) is 5.21. The van der Waals surface area contributed by atoms with Crippen LogP contribution in [0.1, 0.15) is 93.8 Å². The molecule has 3 rings (SSSR count). The van der Waals surface area contributed by atoms with E-state index in [-0.39, 0.29) is 22.5 Å². The van der Waals surface area contributed by atoms with Crippen LogP contribution in [0.3, 0.4) is 0 Å². The van der Waals surface area contributed by atoms with E-state index < -0.39 is 17.8 Å². The van der Waals surface area contributed by atoms with Crippen LogP contribution in [0.5, 0.6) is 0 Å². The molecular weight excluding hydrogens is 394 g/mol. The summed E-state index contributed by atoms with van der Waals surface area (Å²) in [7, 11) is 0. The van der Waals surface area contributed by atoms with Crippen molar-refractivity contribution < 1.29 is 23.9 Å². The molecule has 0 atom stereocenters. The summed E-state index contributed by atoms with van der Waals surface area (Å²) in [5.41, 5.74) is 1.36. The van der Waals surface area contributed by atoms with Crippen LogP contribution < -0.4 is 4.90 Å². The van der Waals surface area contributed by atoms with Gasteiger partial charge >= 0.3 is 5.97 Å². The second kappa shape index (κ2) is 10.2. The number of imide groups is 1. The van der Waals surface area contributed by atoms with Gasteiger partial charge < -0.3 is 4.74 Å². The molecule has 2 aromatic carbocycles. The molecule has 31 heavy (non-hydrogen) atoms. The zero-order valence-electron chi connectivity index (χ0n) is 18.0. The van der Waals surface area contributed by atoms with E-state index in [9.17, 15) is 19.2 Å². The van der Waals surface area contributed by atoms with Crippen molar-refractivity contribution in [1.29, 1.82) is 0 Å². The number of hydrogen-bond acceptors (Lipinski definition) is 5.